The number of hydrogen-bond acceptors (Lipinski definition) is 5. The van der Waals surface area contributed by atoms with Crippen molar-refractivity contribution in [1.29, 1.82) is 0 Å². The summed E-state index contributed by atoms with van der Waals surface area (Å²) in [5.41, 5.74) is 2.26. The van der Waals surface area contributed by atoms with Crippen LogP contribution in [0, 0.1) is 0 Å². The Hall–Kier alpha value is -2.89. The Bertz CT molecular complexity index is 925. The second kappa shape index (κ2) is 9.35. The van der Waals surface area contributed by atoms with Crippen LogP contribution in [-0.2, 0) is 11.3 Å². The molecule has 0 aliphatic rings. The first-order chi connectivity index (χ1) is 13.6. The third-order valence-electron chi connectivity index (χ3n) is 4.13. The van der Waals surface area contributed by atoms with E-state index in [1.807, 2.05) is 30.3 Å². The molecule has 0 aliphatic heterocycles. The summed E-state index contributed by atoms with van der Waals surface area (Å²) >= 11 is 6.07. The first kappa shape index (κ1) is 19.9. The zero-order chi connectivity index (χ0) is 19.9. The fourth-order valence-electron chi connectivity index (χ4n) is 2.68. The molecule has 5 nitrogen and oxygen atoms in total. The van der Waals surface area contributed by atoms with Gasteiger partial charge in [0.25, 0.3) is 0 Å². The van der Waals surface area contributed by atoms with Gasteiger partial charge >= 0.3 is 0 Å². The van der Waals surface area contributed by atoms with Crippen molar-refractivity contribution in [2.75, 3.05) is 21.0 Å². The lowest BCUT2D eigenvalue weighted by Gasteiger charge is -2.15. The number of phenols is 1. The van der Waals surface area contributed by atoms with Crippen molar-refractivity contribution in [3.63, 3.8) is 0 Å². The molecule has 0 fully saturated rings. The number of halogens is 1. The average Bonchev–Trinajstić information content (AvgIpc) is 2.73. The minimum absolute atomic E-state index is 0.00373. The van der Waals surface area contributed by atoms with Crippen LogP contribution in [0.4, 0.5) is 0 Å². The van der Waals surface area contributed by atoms with Crippen LogP contribution in [0.3, 0.4) is 0 Å². The van der Waals surface area contributed by atoms with Crippen LogP contribution in [0.25, 0.3) is 11.1 Å². The number of methoxy groups -OCH3 is 2. The van der Waals surface area contributed by atoms with E-state index in [9.17, 15) is 5.11 Å². The molecule has 3 rings (SSSR count). The molecule has 0 unspecified atom stereocenters. The highest BCUT2D eigenvalue weighted by Gasteiger charge is 2.14. The Kier molecular flexibility index (Phi) is 6.63. The molecule has 0 amide bonds. The average molecular weight is 401 g/mol. The molecule has 0 aromatic heterocycles. The summed E-state index contributed by atoms with van der Waals surface area (Å²) in [6.45, 7) is 0.464. The number of para-hydroxylation sites is 1. The van der Waals surface area contributed by atoms with E-state index in [1.165, 1.54) is 0 Å². The van der Waals surface area contributed by atoms with Crippen molar-refractivity contribution in [2.24, 2.45) is 0 Å². The van der Waals surface area contributed by atoms with Crippen LogP contribution in [0.15, 0.2) is 60.7 Å². The van der Waals surface area contributed by atoms with E-state index >= 15 is 0 Å². The van der Waals surface area contributed by atoms with E-state index in [4.69, 9.17) is 30.5 Å². The molecule has 0 saturated carbocycles. The maximum atomic E-state index is 10.4. The smallest absolute Gasteiger partial charge is 0.188 e. The van der Waals surface area contributed by atoms with E-state index in [1.54, 1.807) is 44.6 Å². The lowest BCUT2D eigenvalue weighted by molar-refractivity contribution is 0.0509. The van der Waals surface area contributed by atoms with Crippen LogP contribution in [-0.4, -0.2) is 26.1 Å². The lowest BCUT2D eigenvalue weighted by atomic mass is 10.0. The van der Waals surface area contributed by atoms with Gasteiger partial charge in [0.2, 0.25) is 0 Å². The minimum Gasteiger partial charge on any atom is -0.506 e. The summed E-state index contributed by atoms with van der Waals surface area (Å²) in [4.78, 5) is 0. The van der Waals surface area contributed by atoms with Gasteiger partial charge in [-0.3, -0.25) is 0 Å². The van der Waals surface area contributed by atoms with Gasteiger partial charge in [-0.05, 0) is 35.9 Å². The van der Waals surface area contributed by atoms with Gasteiger partial charge < -0.3 is 24.1 Å². The number of hydrogen-bond donors (Lipinski definition) is 1. The topological polar surface area (TPSA) is 57.2 Å². The Morgan fingerprint density at radius 3 is 2.32 bits per heavy atom. The number of ether oxygens (including phenoxy) is 4. The molecule has 3 aromatic carbocycles. The number of benzene rings is 3. The first-order valence-corrected chi connectivity index (χ1v) is 8.99. The molecule has 0 bridgehead atoms. The summed E-state index contributed by atoms with van der Waals surface area (Å²) in [6.07, 6.45) is 0. The van der Waals surface area contributed by atoms with Gasteiger partial charge in [-0.25, -0.2) is 0 Å². The highest BCUT2D eigenvalue weighted by molar-refractivity contribution is 6.32. The summed E-state index contributed by atoms with van der Waals surface area (Å²) in [7, 11) is 3.18. The third kappa shape index (κ3) is 4.68. The van der Waals surface area contributed by atoms with Crippen molar-refractivity contribution in [3.8, 4) is 34.1 Å². The minimum atomic E-state index is 0.00373. The van der Waals surface area contributed by atoms with Crippen LogP contribution in [0.5, 0.6) is 23.0 Å². The zero-order valence-electron chi connectivity index (χ0n) is 15.6. The highest BCUT2D eigenvalue weighted by atomic mass is 35.5. The van der Waals surface area contributed by atoms with Crippen LogP contribution < -0.4 is 14.2 Å². The largest absolute Gasteiger partial charge is 0.506 e. The molecule has 0 saturated heterocycles. The van der Waals surface area contributed by atoms with Gasteiger partial charge in [0.15, 0.2) is 6.79 Å². The molecule has 6 heteroatoms. The highest BCUT2D eigenvalue weighted by Crippen LogP contribution is 2.41. The Balaban J connectivity index is 1.91. The SMILES string of the molecule is COCOc1ccc(-c2cccc(Cl)c2O)c(OCc2ccc(OC)cc2)c1. The Labute approximate surface area is 169 Å². The van der Waals surface area contributed by atoms with Crippen LogP contribution in [0.1, 0.15) is 5.56 Å². The molecule has 28 heavy (non-hydrogen) atoms. The third-order valence-corrected chi connectivity index (χ3v) is 4.43. The van der Waals surface area contributed by atoms with E-state index < -0.39 is 0 Å². The Morgan fingerprint density at radius 2 is 1.61 bits per heavy atom. The summed E-state index contributed by atoms with van der Waals surface area (Å²) in [5, 5.41) is 10.7. The van der Waals surface area contributed by atoms with Gasteiger partial charge in [0.1, 0.15) is 29.6 Å². The number of aromatic hydroxyl groups is 1. The predicted molar refractivity (Wildman–Crippen MR) is 108 cm³/mol. The molecule has 0 heterocycles. The van der Waals surface area contributed by atoms with Crippen molar-refractivity contribution >= 4 is 11.6 Å². The van der Waals surface area contributed by atoms with Crippen molar-refractivity contribution in [2.45, 2.75) is 6.61 Å². The quantitative estimate of drug-likeness (QED) is 0.521. The van der Waals surface area contributed by atoms with Gasteiger partial charge in [0.05, 0.1) is 12.1 Å². The summed E-state index contributed by atoms with van der Waals surface area (Å²) in [5.74, 6) is 1.94. The normalized spacial score (nSPS) is 10.5. The molecule has 0 aliphatic carbocycles. The Morgan fingerprint density at radius 1 is 0.857 bits per heavy atom. The monoisotopic (exact) mass is 400 g/mol. The van der Waals surface area contributed by atoms with E-state index in [2.05, 4.69) is 0 Å². The van der Waals surface area contributed by atoms with E-state index in [-0.39, 0.29) is 17.6 Å². The molecule has 146 valence electrons. The molecular weight excluding hydrogens is 380 g/mol. The van der Waals surface area contributed by atoms with Crippen LogP contribution >= 0.6 is 11.6 Å². The van der Waals surface area contributed by atoms with E-state index in [0.29, 0.717) is 29.2 Å². The van der Waals surface area contributed by atoms with Crippen molar-refractivity contribution in [3.05, 3.63) is 71.2 Å². The maximum absolute atomic E-state index is 10.4. The first-order valence-electron chi connectivity index (χ1n) is 8.61. The van der Waals surface area contributed by atoms with Crippen molar-refractivity contribution in [1.82, 2.24) is 0 Å². The van der Waals surface area contributed by atoms with Crippen molar-refractivity contribution < 1.29 is 24.1 Å². The number of rotatable bonds is 8. The molecule has 1 N–H and O–H groups in total. The molecule has 0 spiro atoms. The summed E-state index contributed by atoms with van der Waals surface area (Å²) < 4.78 is 21.7. The standard InChI is InChI=1S/C22H21ClO5/c1-25-14-28-17-10-11-18(19-4-3-5-20(23)22(19)24)21(12-17)27-13-15-6-8-16(26-2)9-7-15/h3-12,24H,13-14H2,1-2H3. The molecule has 3 aromatic rings. The molecule has 0 radical (unpaired) electrons. The fourth-order valence-corrected chi connectivity index (χ4v) is 2.85. The maximum Gasteiger partial charge on any atom is 0.188 e. The second-order valence-corrected chi connectivity index (χ2v) is 6.39. The van der Waals surface area contributed by atoms with E-state index in [0.717, 1.165) is 11.3 Å². The van der Waals surface area contributed by atoms with Gasteiger partial charge in [0, 0.05) is 24.3 Å². The lowest BCUT2D eigenvalue weighted by Crippen LogP contribution is -2.01. The molecular formula is C22H21ClO5. The van der Waals surface area contributed by atoms with Gasteiger partial charge in [-0.2, -0.15) is 0 Å². The summed E-state index contributed by atoms with van der Waals surface area (Å²) in [6, 6.07) is 18.2. The predicted octanol–water partition coefficient (Wildman–Crippen LogP) is 5.28. The van der Waals surface area contributed by atoms with Gasteiger partial charge in [-0.1, -0.05) is 35.9 Å². The number of phenolic OH excluding ortho intramolecular Hbond substituents is 1. The van der Waals surface area contributed by atoms with Gasteiger partial charge in [-0.15, -0.1) is 0 Å². The fraction of sp³-hybridized carbons (Fsp3) is 0.182. The second-order valence-electron chi connectivity index (χ2n) is 5.98. The molecule has 0 atom stereocenters. The zero-order valence-corrected chi connectivity index (χ0v) is 16.4. The van der Waals surface area contributed by atoms with Crippen LogP contribution in [0.2, 0.25) is 5.02 Å².